The molecule has 0 N–H and O–H groups in total. The molecule has 1 amide bonds. The number of fused-ring (bicyclic) bond motifs is 1. The third-order valence-electron chi connectivity index (χ3n) is 6.23. The van der Waals surface area contributed by atoms with E-state index in [0.717, 1.165) is 46.7 Å². The average Bonchev–Trinajstić information content (AvgIpc) is 3.45. The first-order valence-electron chi connectivity index (χ1n) is 11.4. The summed E-state index contributed by atoms with van der Waals surface area (Å²) in [4.78, 5) is 28.7. The Labute approximate surface area is 203 Å². The van der Waals surface area contributed by atoms with E-state index in [1.165, 1.54) is 0 Å². The summed E-state index contributed by atoms with van der Waals surface area (Å²) in [5.41, 5.74) is 4.72. The maximum absolute atomic E-state index is 13.0. The van der Waals surface area contributed by atoms with E-state index in [0.29, 0.717) is 18.0 Å². The summed E-state index contributed by atoms with van der Waals surface area (Å²) in [7, 11) is 1.96. The Morgan fingerprint density at radius 3 is 2.88 bits per heavy atom. The molecule has 174 valence electrons. The number of halogens is 1. The third-order valence-corrected chi connectivity index (χ3v) is 6.46. The number of hydrogen-bond donors (Lipinski definition) is 0. The standard InChI is InChI=1S/C26H26ClN5O2/c1-31-23-9-3-2-8-21(23)30-25(31)16-34-17-26(33)32-11-5-10-24(32)22-15-28-14-20(29-22)13-18-6-4-7-19(27)12-18/h2-4,6-9,12,14-15,24H,5,10-11,13,16-17H2,1H3/t24-/m1/s1. The molecule has 1 aliphatic heterocycles. The monoisotopic (exact) mass is 475 g/mol. The molecule has 34 heavy (non-hydrogen) atoms. The number of aryl methyl sites for hydroxylation is 1. The second kappa shape index (κ2) is 9.91. The number of likely N-dealkylation sites (tertiary alicyclic amines) is 1. The van der Waals surface area contributed by atoms with Crippen molar-refractivity contribution in [3.63, 3.8) is 0 Å². The lowest BCUT2D eigenvalue weighted by atomic mass is 10.1. The first kappa shape index (κ1) is 22.5. The molecule has 5 rings (SSSR count). The van der Waals surface area contributed by atoms with Gasteiger partial charge in [-0.15, -0.1) is 0 Å². The van der Waals surface area contributed by atoms with E-state index in [4.69, 9.17) is 21.3 Å². The van der Waals surface area contributed by atoms with E-state index in [9.17, 15) is 4.79 Å². The summed E-state index contributed by atoms with van der Waals surface area (Å²) < 4.78 is 7.78. The summed E-state index contributed by atoms with van der Waals surface area (Å²) in [5.74, 6) is 0.759. The van der Waals surface area contributed by atoms with Gasteiger partial charge >= 0.3 is 0 Å². The largest absolute Gasteiger partial charge is 0.364 e. The topological polar surface area (TPSA) is 73.1 Å². The summed E-state index contributed by atoms with van der Waals surface area (Å²) in [6, 6.07) is 15.6. The number of imidazole rings is 1. The molecular weight excluding hydrogens is 450 g/mol. The number of hydrogen-bond acceptors (Lipinski definition) is 5. The highest BCUT2D eigenvalue weighted by atomic mass is 35.5. The molecule has 0 spiro atoms. The molecule has 8 heteroatoms. The van der Waals surface area contributed by atoms with Crippen LogP contribution in [-0.4, -0.2) is 43.5 Å². The number of aromatic nitrogens is 4. The van der Waals surface area contributed by atoms with Crippen LogP contribution in [0.5, 0.6) is 0 Å². The quantitative estimate of drug-likeness (QED) is 0.394. The highest BCUT2D eigenvalue weighted by molar-refractivity contribution is 6.30. The molecule has 0 aliphatic carbocycles. The fourth-order valence-corrected chi connectivity index (χ4v) is 4.75. The van der Waals surface area contributed by atoms with Gasteiger partial charge in [0.1, 0.15) is 19.0 Å². The second-order valence-electron chi connectivity index (χ2n) is 8.56. The molecule has 0 radical (unpaired) electrons. The van der Waals surface area contributed by atoms with Crippen molar-refractivity contribution in [1.29, 1.82) is 0 Å². The Balaban J connectivity index is 1.23. The maximum atomic E-state index is 13.0. The third kappa shape index (κ3) is 4.81. The van der Waals surface area contributed by atoms with Crippen molar-refractivity contribution in [2.75, 3.05) is 13.2 Å². The molecule has 1 fully saturated rings. The highest BCUT2D eigenvalue weighted by Gasteiger charge is 2.31. The molecule has 7 nitrogen and oxygen atoms in total. The highest BCUT2D eigenvalue weighted by Crippen LogP contribution is 2.31. The van der Waals surface area contributed by atoms with Crippen LogP contribution in [0.1, 0.15) is 41.7 Å². The van der Waals surface area contributed by atoms with Crippen LogP contribution >= 0.6 is 11.6 Å². The maximum Gasteiger partial charge on any atom is 0.249 e. The van der Waals surface area contributed by atoms with E-state index < -0.39 is 0 Å². The van der Waals surface area contributed by atoms with E-state index in [1.54, 1.807) is 12.4 Å². The summed E-state index contributed by atoms with van der Waals surface area (Å²) in [6.07, 6.45) is 5.97. The number of rotatable bonds is 7. The van der Waals surface area contributed by atoms with Crippen LogP contribution in [0.25, 0.3) is 11.0 Å². The minimum Gasteiger partial charge on any atom is -0.364 e. The van der Waals surface area contributed by atoms with Crippen molar-refractivity contribution in [3.8, 4) is 0 Å². The zero-order chi connectivity index (χ0) is 23.5. The lowest BCUT2D eigenvalue weighted by Gasteiger charge is -2.24. The van der Waals surface area contributed by atoms with E-state index in [-0.39, 0.29) is 25.2 Å². The van der Waals surface area contributed by atoms with Gasteiger partial charge in [0.25, 0.3) is 0 Å². The summed E-state index contributed by atoms with van der Waals surface area (Å²) in [6.45, 7) is 0.985. The van der Waals surface area contributed by atoms with Gasteiger partial charge in [-0.1, -0.05) is 35.9 Å². The number of ether oxygens (including phenoxy) is 1. The Morgan fingerprint density at radius 1 is 1.15 bits per heavy atom. The van der Waals surface area contributed by atoms with Gasteiger partial charge < -0.3 is 14.2 Å². The molecule has 0 bridgehead atoms. The number of benzene rings is 2. The van der Waals surface area contributed by atoms with Crippen molar-refractivity contribution in [2.24, 2.45) is 7.05 Å². The SMILES string of the molecule is Cn1c(COCC(=O)N2CCC[C@@H]2c2cncc(Cc3cccc(Cl)c3)n2)nc2ccccc21. The van der Waals surface area contributed by atoms with Crippen molar-refractivity contribution >= 4 is 28.5 Å². The zero-order valence-corrected chi connectivity index (χ0v) is 19.8. The predicted molar refractivity (Wildman–Crippen MR) is 130 cm³/mol. The Kier molecular flexibility index (Phi) is 6.56. The smallest absolute Gasteiger partial charge is 0.249 e. The van der Waals surface area contributed by atoms with Crippen LogP contribution in [-0.2, 0) is 29.6 Å². The van der Waals surface area contributed by atoms with Gasteiger partial charge in [-0.3, -0.25) is 14.8 Å². The minimum absolute atomic E-state index is 0.00926. The van der Waals surface area contributed by atoms with E-state index in [2.05, 4.69) is 9.97 Å². The molecule has 4 aromatic rings. The number of carbonyl (C=O) groups is 1. The average molecular weight is 476 g/mol. The van der Waals surface area contributed by atoms with Crippen LogP contribution in [0.2, 0.25) is 5.02 Å². The first-order chi connectivity index (χ1) is 16.6. The minimum atomic E-state index is -0.0846. The summed E-state index contributed by atoms with van der Waals surface area (Å²) in [5, 5.41) is 0.702. The van der Waals surface area contributed by atoms with Gasteiger partial charge in [-0.05, 0) is 42.7 Å². The van der Waals surface area contributed by atoms with Crippen LogP contribution in [0.15, 0.2) is 60.9 Å². The summed E-state index contributed by atoms with van der Waals surface area (Å²) >= 11 is 6.11. The number of amides is 1. The predicted octanol–water partition coefficient (Wildman–Crippen LogP) is 4.49. The molecular formula is C26H26ClN5O2. The Morgan fingerprint density at radius 2 is 2.03 bits per heavy atom. The van der Waals surface area contributed by atoms with Gasteiger partial charge in [0.2, 0.25) is 5.91 Å². The fourth-order valence-electron chi connectivity index (χ4n) is 4.53. The van der Waals surface area contributed by atoms with E-state index >= 15 is 0 Å². The lowest BCUT2D eigenvalue weighted by Crippen LogP contribution is -2.34. The Hall–Kier alpha value is -3.29. The van der Waals surface area contributed by atoms with Crippen molar-refractivity contribution in [1.82, 2.24) is 24.4 Å². The van der Waals surface area contributed by atoms with Crippen LogP contribution in [0.4, 0.5) is 0 Å². The zero-order valence-electron chi connectivity index (χ0n) is 19.0. The Bertz CT molecular complexity index is 1320. The molecule has 1 aliphatic rings. The molecule has 0 saturated carbocycles. The van der Waals surface area contributed by atoms with Crippen LogP contribution < -0.4 is 0 Å². The van der Waals surface area contributed by atoms with Crippen molar-refractivity contribution in [3.05, 3.63) is 88.7 Å². The van der Waals surface area contributed by atoms with Gasteiger partial charge in [-0.2, -0.15) is 0 Å². The van der Waals surface area contributed by atoms with Gasteiger partial charge in [0.15, 0.2) is 0 Å². The van der Waals surface area contributed by atoms with Gasteiger partial charge in [0, 0.05) is 31.2 Å². The number of carbonyl (C=O) groups excluding carboxylic acids is 1. The molecule has 1 atom stereocenters. The van der Waals surface area contributed by atoms with E-state index in [1.807, 2.05) is 65.0 Å². The second-order valence-corrected chi connectivity index (χ2v) is 8.99. The molecule has 0 unspecified atom stereocenters. The van der Waals surface area contributed by atoms with Crippen LogP contribution in [0.3, 0.4) is 0 Å². The number of nitrogens with zero attached hydrogens (tertiary/aromatic N) is 5. The first-order valence-corrected chi connectivity index (χ1v) is 11.8. The normalized spacial score (nSPS) is 15.8. The van der Waals surface area contributed by atoms with Crippen molar-refractivity contribution in [2.45, 2.75) is 31.9 Å². The lowest BCUT2D eigenvalue weighted by molar-refractivity contribution is -0.137. The van der Waals surface area contributed by atoms with Crippen LogP contribution in [0, 0.1) is 0 Å². The molecule has 2 aromatic carbocycles. The number of para-hydroxylation sites is 2. The van der Waals surface area contributed by atoms with Crippen molar-refractivity contribution < 1.29 is 9.53 Å². The molecule has 2 aromatic heterocycles. The van der Waals surface area contributed by atoms with Gasteiger partial charge in [0.05, 0.1) is 34.7 Å². The molecule has 1 saturated heterocycles. The fraction of sp³-hybridized carbons (Fsp3) is 0.308. The van der Waals surface area contributed by atoms with Gasteiger partial charge in [-0.25, -0.2) is 4.98 Å². The molecule has 3 heterocycles.